The molecule has 1 aromatic carbocycles. The molecule has 144 valence electrons. The third kappa shape index (κ3) is 3.25. The summed E-state index contributed by atoms with van der Waals surface area (Å²) in [5.41, 5.74) is 2.11. The molecule has 4 nitrogen and oxygen atoms in total. The molecule has 1 aliphatic heterocycles. The maximum Gasteiger partial charge on any atom is 0.310 e. The Kier molecular flexibility index (Phi) is 4.93. The molecule has 4 rings (SSSR count). The van der Waals surface area contributed by atoms with Crippen LogP contribution in [0.25, 0.3) is 0 Å². The number of ether oxygens (including phenoxy) is 1. The maximum absolute atomic E-state index is 12.7. The van der Waals surface area contributed by atoms with Crippen molar-refractivity contribution in [3.05, 3.63) is 42.0 Å². The lowest BCUT2D eigenvalue weighted by Gasteiger charge is -2.29. The number of hydrogen-bond acceptors (Lipinski definition) is 5. The summed E-state index contributed by atoms with van der Waals surface area (Å²) in [7, 11) is 0. The molecule has 27 heavy (non-hydrogen) atoms. The Balaban J connectivity index is 1.59. The van der Waals surface area contributed by atoms with Gasteiger partial charge in [-0.15, -0.1) is 11.8 Å². The SMILES string of the molecule is C=C1C[C@H](O)[C@@H]2[C@H](OC(=O)[C@H]2CSc2cccc(C)c2)[C@H]2[C@H](C)C(=O)C[C@@H]12. The minimum atomic E-state index is -0.648. The first-order valence-electron chi connectivity index (χ1n) is 9.65. The largest absolute Gasteiger partial charge is 0.461 e. The number of carbonyl (C=O) groups is 2. The van der Waals surface area contributed by atoms with Gasteiger partial charge in [0.1, 0.15) is 11.9 Å². The molecule has 3 aliphatic rings. The number of Topliss-reactive ketones (excluding diaryl/α,β-unsaturated/α-hetero) is 1. The van der Waals surface area contributed by atoms with Crippen molar-refractivity contribution < 1.29 is 19.4 Å². The zero-order valence-electron chi connectivity index (χ0n) is 15.8. The van der Waals surface area contributed by atoms with Crippen LogP contribution in [-0.4, -0.2) is 34.8 Å². The van der Waals surface area contributed by atoms with Crippen molar-refractivity contribution in [3.8, 4) is 0 Å². The van der Waals surface area contributed by atoms with Gasteiger partial charge in [-0.1, -0.05) is 36.8 Å². The molecule has 2 aliphatic carbocycles. The number of carbonyl (C=O) groups excluding carboxylic acids is 2. The van der Waals surface area contributed by atoms with Gasteiger partial charge in [-0.25, -0.2) is 0 Å². The topological polar surface area (TPSA) is 63.6 Å². The average molecular weight is 387 g/mol. The highest BCUT2D eigenvalue weighted by Gasteiger charge is 2.58. The van der Waals surface area contributed by atoms with Crippen molar-refractivity contribution in [2.45, 2.75) is 43.8 Å². The Hall–Kier alpha value is -1.59. The highest BCUT2D eigenvalue weighted by atomic mass is 32.2. The van der Waals surface area contributed by atoms with Gasteiger partial charge >= 0.3 is 5.97 Å². The van der Waals surface area contributed by atoms with Gasteiger partial charge in [0, 0.05) is 34.8 Å². The van der Waals surface area contributed by atoms with Crippen molar-refractivity contribution in [3.63, 3.8) is 0 Å². The fourth-order valence-corrected chi connectivity index (χ4v) is 6.34. The Morgan fingerprint density at radius 2 is 2.04 bits per heavy atom. The molecule has 0 bridgehead atoms. The van der Waals surface area contributed by atoms with Crippen LogP contribution in [0.1, 0.15) is 25.3 Å². The third-order valence-electron chi connectivity index (χ3n) is 6.61. The lowest BCUT2D eigenvalue weighted by Crippen LogP contribution is -2.38. The summed E-state index contributed by atoms with van der Waals surface area (Å²) < 4.78 is 5.82. The van der Waals surface area contributed by atoms with Gasteiger partial charge in [0.15, 0.2) is 0 Å². The predicted molar refractivity (Wildman–Crippen MR) is 104 cm³/mol. The molecule has 2 saturated carbocycles. The molecule has 0 aromatic heterocycles. The number of aryl methyl sites for hydroxylation is 1. The standard InChI is InChI=1S/C22H26O4S/c1-11-5-4-6-14(7-11)27-10-16-20-18(24)8-12(2)15-9-17(23)13(3)19(15)21(20)26-22(16)25/h4-7,13,15-16,18-21,24H,2,8-10H2,1,3H3/t13-,15+,16+,18+,19+,20-,21-/m1/s1. The summed E-state index contributed by atoms with van der Waals surface area (Å²) >= 11 is 1.63. The number of thioether (sulfide) groups is 1. The first kappa shape index (κ1) is 18.8. The molecule has 0 amide bonds. The second-order valence-electron chi connectivity index (χ2n) is 8.29. The quantitative estimate of drug-likeness (QED) is 0.490. The van der Waals surface area contributed by atoms with Crippen LogP contribution >= 0.6 is 11.8 Å². The van der Waals surface area contributed by atoms with Crippen molar-refractivity contribution in [1.82, 2.24) is 0 Å². The number of aliphatic hydroxyl groups is 1. The molecule has 0 unspecified atom stereocenters. The molecule has 1 heterocycles. The molecule has 5 heteroatoms. The number of hydrogen-bond donors (Lipinski definition) is 1. The lowest BCUT2D eigenvalue weighted by molar-refractivity contribution is -0.146. The number of esters is 1. The summed E-state index contributed by atoms with van der Waals surface area (Å²) in [6, 6.07) is 8.19. The van der Waals surface area contributed by atoms with E-state index in [2.05, 4.69) is 12.6 Å². The van der Waals surface area contributed by atoms with Gasteiger partial charge in [-0.2, -0.15) is 0 Å². The maximum atomic E-state index is 12.7. The fraction of sp³-hybridized carbons (Fsp3) is 0.545. The van der Waals surface area contributed by atoms with Crippen LogP contribution in [0.15, 0.2) is 41.3 Å². The molecule has 1 aromatic rings. The van der Waals surface area contributed by atoms with Gasteiger partial charge in [-0.3, -0.25) is 9.59 Å². The Labute approximate surface area is 164 Å². The number of rotatable bonds is 3. The Bertz CT molecular complexity index is 788. The third-order valence-corrected chi connectivity index (χ3v) is 7.72. The van der Waals surface area contributed by atoms with Crippen LogP contribution in [0.4, 0.5) is 0 Å². The normalized spacial score (nSPS) is 38.3. The summed E-state index contributed by atoms with van der Waals surface area (Å²) in [6.07, 6.45) is -0.128. The molecular weight excluding hydrogens is 360 g/mol. The highest BCUT2D eigenvalue weighted by molar-refractivity contribution is 7.99. The Morgan fingerprint density at radius 1 is 1.26 bits per heavy atom. The molecule has 0 radical (unpaired) electrons. The van der Waals surface area contributed by atoms with Gasteiger partial charge in [0.05, 0.1) is 12.0 Å². The van der Waals surface area contributed by atoms with E-state index >= 15 is 0 Å². The van der Waals surface area contributed by atoms with E-state index in [4.69, 9.17) is 4.74 Å². The Morgan fingerprint density at radius 3 is 2.78 bits per heavy atom. The van der Waals surface area contributed by atoms with Gasteiger partial charge in [0.2, 0.25) is 0 Å². The van der Waals surface area contributed by atoms with Crippen molar-refractivity contribution >= 4 is 23.5 Å². The molecule has 3 fully saturated rings. The van der Waals surface area contributed by atoms with Crippen LogP contribution < -0.4 is 0 Å². The predicted octanol–water partition coefficient (Wildman–Crippen LogP) is 3.41. The van der Waals surface area contributed by atoms with E-state index in [9.17, 15) is 14.7 Å². The van der Waals surface area contributed by atoms with Crippen LogP contribution in [0, 0.1) is 36.5 Å². The van der Waals surface area contributed by atoms with E-state index < -0.39 is 6.10 Å². The molecule has 1 saturated heterocycles. The smallest absolute Gasteiger partial charge is 0.310 e. The zero-order valence-corrected chi connectivity index (χ0v) is 16.6. The number of ketones is 1. The van der Waals surface area contributed by atoms with Crippen molar-refractivity contribution in [2.24, 2.45) is 29.6 Å². The van der Waals surface area contributed by atoms with E-state index in [1.807, 2.05) is 32.0 Å². The molecule has 0 spiro atoms. The number of aliphatic hydroxyl groups excluding tert-OH is 1. The van der Waals surface area contributed by atoms with Gasteiger partial charge in [-0.05, 0) is 31.4 Å². The highest BCUT2D eigenvalue weighted by Crippen LogP contribution is 2.52. The van der Waals surface area contributed by atoms with Gasteiger partial charge in [0.25, 0.3) is 0 Å². The van der Waals surface area contributed by atoms with E-state index in [1.165, 1.54) is 5.56 Å². The summed E-state index contributed by atoms with van der Waals surface area (Å²) in [5.74, 6) is -0.247. The molecular formula is C22H26O4S. The summed E-state index contributed by atoms with van der Waals surface area (Å²) in [4.78, 5) is 26.1. The van der Waals surface area contributed by atoms with Crippen molar-refractivity contribution in [1.29, 1.82) is 0 Å². The van der Waals surface area contributed by atoms with E-state index in [0.717, 1.165) is 10.5 Å². The van der Waals surface area contributed by atoms with Crippen LogP contribution in [0.3, 0.4) is 0 Å². The minimum absolute atomic E-state index is 0.0214. The second kappa shape index (κ2) is 7.10. The van der Waals surface area contributed by atoms with Gasteiger partial charge < -0.3 is 9.84 Å². The fourth-order valence-electron chi connectivity index (χ4n) is 5.17. The van der Waals surface area contributed by atoms with Crippen LogP contribution in [0.5, 0.6) is 0 Å². The number of benzene rings is 1. The zero-order chi connectivity index (χ0) is 19.3. The van der Waals surface area contributed by atoms with E-state index in [1.54, 1.807) is 11.8 Å². The average Bonchev–Trinajstić information content (AvgIpc) is 3.06. The summed E-state index contributed by atoms with van der Waals surface area (Å²) in [6.45, 7) is 8.13. The first-order valence-corrected chi connectivity index (χ1v) is 10.6. The molecule has 1 N–H and O–H groups in total. The summed E-state index contributed by atoms with van der Waals surface area (Å²) in [5, 5.41) is 10.9. The minimum Gasteiger partial charge on any atom is -0.461 e. The monoisotopic (exact) mass is 386 g/mol. The lowest BCUT2D eigenvalue weighted by atomic mass is 9.77. The number of fused-ring (bicyclic) bond motifs is 3. The van der Waals surface area contributed by atoms with Crippen LogP contribution in [-0.2, 0) is 14.3 Å². The molecule has 7 atom stereocenters. The van der Waals surface area contributed by atoms with E-state index in [0.29, 0.717) is 18.6 Å². The second-order valence-corrected chi connectivity index (χ2v) is 9.38. The first-order chi connectivity index (χ1) is 12.9. The van der Waals surface area contributed by atoms with Crippen LogP contribution in [0.2, 0.25) is 0 Å². The van der Waals surface area contributed by atoms with E-state index in [-0.39, 0.29) is 47.4 Å². The van der Waals surface area contributed by atoms with Crippen molar-refractivity contribution in [2.75, 3.05) is 5.75 Å².